The van der Waals surface area contributed by atoms with E-state index in [1.807, 2.05) is 6.08 Å². The van der Waals surface area contributed by atoms with Gasteiger partial charge in [0.05, 0.1) is 0 Å². The van der Waals surface area contributed by atoms with Gasteiger partial charge in [-0.25, -0.2) is 0 Å². The predicted molar refractivity (Wildman–Crippen MR) is 113 cm³/mol. The van der Waals surface area contributed by atoms with E-state index >= 15 is 0 Å². The van der Waals surface area contributed by atoms with Crippen LogP contribution < -0.4 is 4.72 Å². The molecular formula is C23H28N2S. The molecule has 4 rings (SSSR count). The Hall–Kier alpha value is -1.71. The predicted octanol–water partition coefficient (Wildman–Crippen LogP) is 5.69. The second-order valence-corrected chi connectivity index (χ2v) is 8.92. The van der Waals surface area contributed by atoms with E-state index in [0.29, 0.717) is 11.3 Å². The second kappa shape index (κ2) is 7.13. The van der Waals surface area contributed by atoms with Crippen molar-refractivity contribution < 1.29 is 0 Å². The van der Waals surface area contributed by atoms with Crippen molar-refractivity contribution in [3.63, 3.8) is 0 Å². The molecule has 3 heteroatoms. The highest BCUT2D eigenvalue weighted by Crippen LogP contribution is 2.59. The largest absolute Gasteiger partial charge is 0.326 e. The van der Waals surface area contributed by atoms with Gasteiger partial charge in [0, 0.05) is 35.6 Å². The van der Waals surface area contributed by atoms with Crippen molar-refractivity contribution in [2.24, 2.45) is 5.92 Å². The smallest absolute Gasteiger partial charge is 0.0443 e. The molecular weight excluding hydrogens is 336 g/mol. The van der Waals surface area contributed by atoms with Gasteiger partial charge < -0.3 is 4.72 Å². The number of piperidine rings is 1. The van der Waals surface area contributed by atoms with E-state index in [2.05, 4.69) is 78.6 Å². The monoisotopic (exact) mass is 364 g/mol. The molecule has 1 heterocycles. The van der Waals surface area contributed by atoms with Crippen LogP contribution in [-0.2, 0) is 5.41 Å². The van der Waals surface area contributed by atoms with Crippen LogP contribution in [0.4, 0.5) is 5.69 Å². The summed E-state index contributed by atoms with van der Waals surface area (Å²) in [5.41, 5.74) is 4.48. The minimum absolute atomic E-state index is 0.418. The molecule has 2 aliphatic rings. The first-order valence-corrected chi connectivity index (χ1v) is 10.4. The first-order valence-electron chi connectivity index (χ1n) is 9.57. The van der Waals surface area contributed by atoms with Crippen molar-refractivity contribution in [3.05, 3.63) is 72.3 Å². The number of rotatable bonds is 7. The number of hydrogen-bond donors (Lipinski definition) is 1. The summed E-state index contributed by atoms with van der Waals surface area (Å²) in [4.78, 5) is 3.78. The highest BCUT2D eigenvalue weighted by molar-refractivity contribution is 8.00. The molecule has 0 unspecified atom stereocenters. The molecule has 2 fully saturated rings. The summed E-state index contributed by atoms with van der Waals surface area (Å²) in [7, 11) is 0. The lowest BCUT2D eigenvalue weighted by atomic mass is 9.95. The molecule has 1 N–H and O–H groups in total. The van der Waals surface area contributed by atoms with Gasteiger partial charge in [-0.05, 0) is 65.6 Å². The SMILES string of the molecule is C=CCN1C[C@H]2C[C@@]2(c2ccc(NSc3ccc(C(C)C)cc3)cc2)C1. The van der Waals surface area contributed by atoms with Gasteiger partial charge in [0.25, 0.3) is 0 Å². The Morgan fingerprint density at radius 1 is 1.19 bits per heavy atom. The maximum Gasteiger partial charge on any atom is 0.0443 e. The minimum Gasteiger partial charge on any atom is -0.326 e. The molecule has 1 aliphatic carbocycles. The van der Waals surface area contributed by atoms with E-state index < -0.39 is 0 Å². The van der Waals surface area contributed by atoms with Crippen LogP contribution in [0, 0.1) is 5.92 Å². The number of hydrogen-bond acceptors (Lipinski definition) is 3. The lowest BCUT2D eigenvalue weighted by Gasteiger charge is -2.19. The third kappa shape index (κ3) is 3.43. The minimum atomic E-state index is 0.418. The fourth-order valence-electron chi connectivity index (χ4n) is 4.26. The van der Waals surface area contributed by atoms with Crippen LogP contribution >= 0.6 is 11.9 Å². The van der Waals surface area contributed by atoms with Crippen LogP contribution in [0.25, 0.3) is 0 Å². The Morgan fingerprint density at radius 2 is 1.92 bits per heavy atom. The normalized spacial score (nSPS) is 24.5. The van der Waals surface area contributed by atoms with Gasteiger partial charge in [0.2, 0.25) is 0 Å². The molecule has 0 aromatic heterocycles. The Labute approximate surface area is 161 Å². The van der Waals surface area contributed by atoms with Crippen LogP contribution in [0.2, 0.25) is 0 Å². The molecule has 0 spiro atoms. The summed E-state index contributed by atoms with van der Waals surface area (Å²) in [6, 6.07) is 17.9. The van der Waals surface area contributed by atoms with Gasteiger partial charge in [-0.2, -0.15) is 0 Å². The molecule has 0 bridgehead atoms. The molecule has 2 nitrogen and oxygen atoms in total. The number of likely N-dealkylation sites (tertiary alicyclic amines) is 1. The Kier molecular flexibility index (Phi) is 4.85. The molecule has 2 aromatic carbocycles. The summed E-state index contributed by atoms with van der Waals surface area (Å²) in [6.07, 6.45) is 3.38. The molecule has 0 amide bonds. The molecule has 2 aromatic rings. The van der Waals surface area contributed by atoms with Crippen LogP contribution in [0.5, 0.6) is 0 Å². The van der Waals surface area contributed by atoms with Crippen molar-refractivity contribution in [1.82, 2.24) is 4.90 Å². The van der Waals surface area contributed by atoms with E-state index in [-0.39, 0.29) is 0 Å². The highest BCUT2D eigenvalue weighted by Gasteiger charge is 2.60. The molecule has 1 saturated heterocycles. The fraction of sp³-hybridized carbons (Fsp3) is 0.391. The Balaban J connectivity index is 1.36. The summed E-state index contributed by atoms with van der Waals surface area (Å²) in [6.45, 7) is 11.8. The lowest BCUT2D eigenvalue weighted by Crippen LogP contribution is -2.26. The number of benzene rings is 2. The van der Waals surface area contributed by atoms with Crippen LogP contribution in [0.3, 0.4) is 0 Å². The number of nitrogens with one attached hydrogen (secondary N) is 1. The molecule has 136 valence electrons. The quantitative estimate of drug-likeness (QED) is 0.502. The van der Waals surface area contributed by atoms with Crippen LogP contribution in [-0.4, -0.2) is 24.5 Å². The fourth-order valence-corrected chi connectivity index (χ4v) is 4.91. The first-order chi connectivity index (χ1) is 12.6. The summed E-state index contributed by atoms with van der Waals surface area (Å²) in [5, 5.41) is 0. The zero-order chi connectivity index (χ0) is 18.1. The van der Waals surface area contributed by atoms with Gasteiger partial charge >= 0.3 is 0 Å². The molecule has 0 radical (unpaired) electrons. The maximum absolute atomic E-state index is 3.88. The zero-order valence-corrected chi connectivity index (χ0v) is 16.6. The zero-order valence-electron chi connectivity index (χ0n) is 15.7. The topological polar surface area (TPSA) is 15.3 Å². The number of nitrogens with zero attached hydrogens (tertiary/aromatic N) is 1. The van der Waals surface area contributed by atoms with E-state index in [4.69, 9.17) is 0 Å². The first kappa shape index (κ1) is 17.7. The van der Waals surface area contributed by atoms with Crippen molar-refractivity contribution in [2.75, 3.05) is 24.4 Å². The summed E-state index contributed by atoms with van der Waals surface area (Å²) in [5.74, 6) is 1.42. The average molecular weight is 365 g/mol. The summed E-state index contributed by atoms with van der Waals surface area (Å²) >= 11 is 1.68. The molecule has 2 atom stereocenters. The maximum atomic E-state index is 3.88. The van der Waals surface area contributed by atoms with E-state index in [1.54, 1.807) is 11.9 Å². The van der Waals surface area contributed by atoms with Crippen molar-refractivity contribution in [3.8, 4) is 0 Å². The van der Waals surface area contributed by atoms with Crippen LogP contribution in [0.1, 0.15) is 37.3 Å². The standard InChI is InChI=1S/C23H28N2S/c1-4-13-25-15-20-14-23(20,16-25)19-7-9-21(10-8-19)24-26-22-11-5-18(6-12-22)17(2)3/h4-12,17,20,24H,1,13-16H2,2-3H3/t20-,23+/m1/s1. The van der Waals surface area contributed by atoms with Gasteiger partial charge in [-0.15, -0.1) is 6.58 Å². The summed E-state index contributed by atoms with van der Waals surface area (Å²) < 4.78 is 3.48. The second-order valence-electron chi connectivity index (χ2n) is 8.05. The van der Waals surface area contributed by atoms with Crippen LogP contribution in [0.15, 0.2) is 66.1 Å². The van der Waals surface area contributed by atoms with Crippen molar-refractivity contribution in [2.45, 2.75) is 36.5 Å². The van der Waals surface area contributed by atoms with E-state index in [0.717, 1.165) is 12.5 Å². The third-order valence-electron chi connectivity index (χ3n) is 5.90. The number of anilines is 1. The van der Waals surface area contributed by atoms with Gasteiger partial charge in [0.15, 0.2) is 0 Å². The number of fused-ring (bicyclic) bond motifs is 1. The molecule has 1 saturated carbocycles. The van der Waals surface area contributed by atoms with E-state index in [1.165, 1.54) is 41.2 Å². The molecule has 26 heavy (non-hydrogen) atoms. The van der Waals surface area contributed by atoms with Crippen molar-refractivity contribution >= 4 is 17.6 Å². The highest BCUT2D eigenvalue weighted by atomic mass is 32.2. The van der Waals surface area contributed by atoms with Gasteiger partial charge in [-0.1, -0.05) is 44.2 Å². The van der Waals surface area contributed by atoms with E-state index in [9.17, 15) is 0 Å². The Morgan fingerprint density at radius 3 is 2.58 bits per heavy atom. The Bertz CT molecular complexity index is 766. The molecule has 1 aliphatic heterocycles. The van der Waals surface area contributed by atoms with Crippen molar-refractivity contribution in [1.29, 1.82) is 0 Å². The van der Waals surface area contributed by atoms with Gasteiger partial charge in [-0.3, -0.25) is 4.90 Å². The average Bonchev–Trinajstić information content (AvgIpc) is 3.23. The lowest BCUT2D eigenvalue weighted by molar-refractivity contribution is 0.330. The van der Waals surface area contributed by atoms with Gasteiger partial charge in [0.1, 0.15) is 0 Å². The third-order valence-corrected chi connectivity index (χ3v) is 6.74.